The van der Waals surface area contributed by atoms with Crippen molar-refractivity contribution >= 4 is 11.8 Å². The van der Waals surface area contributed by atoms with Gasteiger partial charge in [-0.2, -0.15) is 0 Å². The van der Waals surface area contributed by atoms with E-state index in [4.69, 9.17) is 5.11 Å². The van der Waals surface area contributed by atoms with Gasteiger partial charge in [-0.3, -0.25) is 9.59 Å². The van der Waals surface area contributed by atoms with E-state index in [-0.39, 0.29) is 29.5 Å². The van der Waals surface area contributed by atoms with E-state index in [0.29, 0.717) is 6.54 Å². The molecule has 0 radical (unpaired) electrons. The summed E-state index contributed by atoms with van der Waals surface area (Å²) < 4.78 is 0. The Kier molecular flexibility index (Phi) is 5.17. The third-order valence-electron chi connectivity index (χ3n) is 2.52. The third kappa shape index (κ3) is 4.17. The Balaban J connectivity index is 2.66. The Morgan fingerprint density at radius 1 is 1.26 bits per heavy atom. The normalized spacial score (nSPS) is 10.0. The third-order valence-corrected chi connectivity index (χ3v) is 2.52. The molecule has 0 bridgehead atoms. The number of benzene rings is 1. The summed E-state index contributed by atoms with van der Waals surface area (Å²) in [5.41, 5.74) is 0.209. The first-order valence-electron chi connectivity index (χ1n) is 5.99. The second-order valence-corrected chi connectivity index (χ2v) is 4.21. The topological polar surface area (TPSA) is 89.9 Å². The molecule has 0 aliphatic heterocycles. The molecule has 6 nitrogen and oxygen atoms in total. The zero-order valence-corrected chi connectivity index (χ0v) is 11.0. The van der Waals surface area contributed by atoms with Crippen molar-refractivity contribution in [2.24, 2.45) is 0 Å². The van der Waals surface area contributed by atoms with Gasteiger partial charge in [0.1, 0.15) is 0 Å². The molecule has 0 heterocycles. The largest absolute Gasteiger partial charge is 0.504 e. The molecule has 1 aromatic carbocycles. The molecule has 104 valence electrons. The van der Waals surface area contributed by atoms with E-state index in [0.717, 1.165) is 12.5 Å². The van der Waals surface area contributed by atoms with Crippen LogP contribution in [0.4, 0.5) is 0 Å². The molecule has 1 rings (SSSR count). The first kappa shape index (κ1) is 14.8. The van der Waals surface area contributed by atoms with Crippen LogP contribution in [0.25, 0.3) is 0 Å². The van der Waals surface area contributed by atoms with E-state index < -0.39 is 5.91 Å². The fourth-order valence-corrected chi connectivity index (χ4v) is 1.48. The van der Waals surface area contributed by atoms with Gasteiger partial charge in [0.2, 0.25) is 5.91 Å². The van der Waals surface area contributed by atoms with Crippen LogP contribution in [0.2, 0.25) is 0 Å². The van der Waals surface area contributed by atoms with Crippen molar-refractivity contribution in [3.05, 3.63) is 23.8 Å². The van der Waals surface area contributed by atoms with E-state index in [1.54, 1.807) is 0 Å². The molecule has 1 aromatic rings. The van der Waals surface area contributed by atoms with Gasteiger partial charge in [-0.05, 0) is 24.6 Å². The lowest BCUT2D eigenvalue weighted by atomic mass is 10.2. The van der Waals surface area contributed by atoms with E-state index >= 15 is 0 Å². The fraction of sp³-hybridized carbons (Fsp3) is 0.385. The van der Waals surface area contributed by atoms with Crippen LogP contribution < -0.4 is 5.32 Å². The molecule has 0 fully saturated rings. The van der Waals surface area contributed by atoms with Gasteiger partial charge in [-0.15, -0.1) is 0 Å². The monoisotopic (exact) mass is 266 g/mol. The van der Waals surface area contributed by atoms with E-state index in [1.807, 2.05) is 6.92 Å². The van der Waals surface area contributed by atoms with Crippen LogP contribution in [-0.4, -0.2) is 47.1 Å². The Labute approximate surface area is 111 Å². The molecule has 0 saturated heterocycles. The number of nitrogens with one attached hydrogen (secondary N) is 1. The smallest absolute Gasteiger partial charge is 0.254 e. The molecule has 0 atom stereocenters. The number of carbonyl (C=O) groups is 2. The molecule has 6 heteroatoms. The van der Waals surface area contributed by atoms with Crippen molar-refractivity contribution in [3.63, 3.8) is 0 Å². The molecule has 2 amide bonds. The summed E-state index contributed by atoms with van der Waals surface area (Å²) in [6, 6.07) is 3.78. The van der Waals surface area contributed by atoms with Gasteiger partial charge >= 0.3 is 0 Å². The molecule has 3 N–H and O–H groups in total. The van der Waals surface area contributed by atoms with Crippen molar-refractivity contribution < 1.29 is 19.8 Å². The van der Waals surface area contributed by atoms with Gasteiger partial charge in [0.15, 0.2) is 11.5 Å². The number of phenolic OH excluding ortho intramolecular Hbond substituents is 2. The molecule has 0 aromatic heterocycles. The minimum atomic E-state index is -0.401. The average molecular weight is 266 g/mol. The highest BCUT2D eigenvalue weighted by Crippen LogP contribution is 2.25. The molecule has 0 aliphatic rings. The van der Waals surface area contributed by atoms with Crippen molar-refractivity contribution in [2.75, 3.05) is 20.1 Å². The number of aromatic hydroxyl groups is 2. The number of amides is 2. The van der Waals surface area contributed by atoms with Crippen LogP contribution in [0.15, 0.2) is 18.2 Å². The molecular formula is C13H18N2O4. The summed E-state index contributed by atoms with van der Waals surface area (Å²) in [7, 11) is 1.50. The van der Waals surface area contributed by atoms with E-state index in [1.165, 1.54) is 24.1 Å². The van der Waals surface area contributed by atoms with Crippen LogP contribution in [0, 0.1) is 0 Å². The highest BCUT2D eigenvalue weighted by atomic mass is 16.3. The number of nitrogens with zero attached hydrogens (tertiary/aromatic N) is 1. The average Bonchev–Trinajstić information content (AvgIpc) is 2.38. The van der Waals surface area contributed by atoms with Gasteiger partial charge in [0.05, 0.1) is 6.54 Å². The Bertz CT molecular complexity index is 474. The van der Waals surface area contributed by atoms with Crippen LogP contribution in [0.5, 0.6) is 11.5 Å². The molecule has 0 unspecified atom stereocenters. The maximum atomic E-state index is 12.0. The zero-order chi connectivity index (χ0) is 14.4. The molecule has 0 saturated carbocycles. The van der Waals surface area contributed by atoms with Crippen LogP contribution >= 0.6 is 0 Å². The highest BCUT2D eigenvalue weighted by Gasteiger charge is 2.15. The highest BCUT2D eigenvalue weighted by molar-refractivity contribution is 5.96. The van der Waals surface area contributed by atoms with Gasteiger partial charge < -0.3 is 20.4 Å². The Morgan fingerprint density at radius 2 is 1.95 bits per heavy atom. The minimum Gasteiger partial charge on any atom is -0.504 e. The van der Waals surface area contributed by atoms with Crippen molar-refractivity contribution in [3.8, 4) is 11.5 Å². The van der Waals surface area contributed by atoms with Gasteiger partial charge in [-0.25, -0.2) is 0 Å². The quantitative estimate of drug-likeness (QED) is 0.684. The molecular weight excluding hydrogens is 248 g/mol. The lowest BCUT2D eigenvalue weighted by molar-refractivity contribution is -0.121. The minimum absolute atomic E-state index is 0.0551. The van der Waals surface area contributed by atoms with Gasteiger partial charge in [-0.1, -0.05) is 6.92 Å². The summed E-state index contributed by atoms with van der Waals surface area (Å²) in [5.74, 6) is -1.29. The molecule has 0 aliphatic carbocycles. The number of carbonyl (C=O) groups excluding carboxylic acids is 2. The first-order valence-corrected chi connectivity index (χ1v) is 5.99. The number of likely N-dealkylation sites (N-methyl/N-ethyl adjacent to an activating group) is 1. The lowest BCUT2D eigenvalue weighted by Crippen LogP contribution is -2.38. The standard InChI is InChI=1S/C13H18N2O4/c1-3-6-14-12(18)8-15(2)13(19)9-4-5-10(16)11(17)7-9/h4-5,7,16-17H,3,6,8H2,1-2H3,(H,14,18). The summed E-state index contributed by atoms with van der Waals surface area (Å²) in [4.78, 5) is 24.7. The summed E-state index contributed by atoms with van der Waals surface area (Å²) in [6.07, 6.45) is 0.829. The van der Waals surface area contributed by atoms with Crippen LogP contribution in [-0.2, 0) is 4.79 Å². The molecule has 0 spiro atoms. The Morgan fingerprint density at radius 3 is 2.53 bits per heavy atom. The predicted octanol–water partition coefficient (Wildman–Crippen LogP) is 0.696. The summed E-state index contributed by atoms with van der Waals surface area (Å²) in [5, 5.41) is 21.2. The fourth-order valence-electron chi connectivity index (χ4n) is 1.48. The maximum absolute atomic E-state index is 12.0. The van der Waals surface area contributed by atoms with Crippen molar-refractivity contribution in [1.29, 1.82) is 0 Å². The van der Waals surface area contributed by atoms with Crippen LogP contribution in [0.3, 0.4) is 0 Å². The lowest BCUT2D eigenvalue weighted by Gasteiger charge is -2.17. The number of hydrogen-bond donors (Lipinski definition) is 3. The zero-order valence-electron chi connectivity index (χ0n) is 11.0. The number of rotatable bonds is 5. The van der Waals surface area contributed by atoms with Crippen molar-refractivity contribution in [1.82, 2.24) is 10.2 Å². The molecule has 19 heavy (non-hydrogen) atoms. The van der Waals surface area contributed by atoms with Crippen molar-refractivity contribution in [2.45, 2.75) is 13.3 Å². The second kappa shape index (κ2) is 6.63. The first-order chi connectivity index (χ1) is 8.95. The number of phenols is 2. The maximum Gasteiger partial charge on any atom is 0.254 e. The van der Waals surface area contributed by atoms with Gasteiger partial charge in [0.25, 0.3) is 5.91 Å². The SMILES string of the molecule is CCCNC(=O)CN(C)C(=O)c1ccc(O)c(O)c1. The summed E-state index contributed by atoms with van der Waals surface area (Å²) in [6.45, 7) is 2.45. The summed E-state index contributed by atoms with van der Waals surface area (Å²) >= 11 is 0. The predicted molar refractivity (Wildman–Crippen MR) is 70.0 cm³/mol. The Hall–Kier alpha value is -2.24. The van der Waals surface area contributed by atoms with Crippen LogP contribution in [0.1, 0.15) is 23.7 Å². The number of hydrogen-bond acceptors (Lipinski definition) is 4. The van der Waals surface area contributed by atoms with E-state index in [9.17, 15) is 14.7 Å². The van der Waals surface area contributed by atoms with E-state index in [2.05, 4.69) is 5.32 Å². The van der Waals surface area contributed by atoms with Gasteiger partial charge in [0, 0.05) is 19.2 Å². The second-order valence-electron chi connectivity index (χ2n) is 4.21.